The molecule has 6 heteroatoms. The van der Waals surface area contributed by atoms with E-state index < -0.39 is 0 Å². The number of amides is 1. The maximum Gasteiger partial charge on any atom is 0.229 e. The topological polar surface area (TPSA) is 64.8 Å². The molecule has 2 fully saturated rings. The first kappa shape index (κ1) is 16.3. The minimum Gasteiger partial charge on any atom is -0.444 e. The summed E-state index contributed by atoms with van der Waals surface area (Å²) >= 11 is 0. The molecule has 0 radical (unpaired) electrons. The van der Waals surface area contributed by atoms with Gasteiger partial charge >= 0.3 is 0 Å². The van der Waals surface area contributed by atoms with E-state index >= 15 is 0 Å². The van der Waals surface area contributed by atoms with Crippen molar-refractivity contribution in [2.24, 2.45) is 0 Å². The number of rotatable bonds is 4. The van der Waals surface area contributed by atoms with E-state index in [2.05, 4.69) is 4.98 Å². The van der Waals surface area contributed by atoms with Gasteiger partial charge in [-0.25, -0.2) is 4.98 Å². The predicted octanol–water partition coefficient (Wildman–Crippen LogP) is 2.64. The summed E-state index contributed by atoms with van der Waals surface area (Å²) in [7, 11) is 0. The molecule has 4 rings (SSSR count). The van der Waals surface area contributed by atoms with Gasteiger partial charge in [0.2, 0.25) is 11.8 Å². The van der Waals surface area contributed by atoms with E-state index in [4.69, 9.17) is 13.9 Å². The molecule has 25 heavy (non-hydrogen) atoms. The molecular formula is C19H22N2O4. The van der Waals surface area contributed by atoms with Gasteiger partial charge in [-0.05, 0) is 31.4 Å². The van der Waals surface area contributed by atoms with Crippen LogP contribution in [0.25, 0.3) is 11.5 Å². The number of likely N-dealkylation sites (tertiary alicyclic amines) is 1. The molecule has 0 bridgehead atoms. The molecule has 0 N–H and O–H groups in total. The Labute approximate surface area is 146 Å². The van der Waals surface area contributed by atoms with E-state index in [1.54, 1.807) is 6.26 Å². The molecule has 1 unspecified atom stereocenters. The van der Waals surface area contributed by atoms with Gasteiger partial charge in [-0.3, -0.25) is 4.79 Å². The monoisotopic (exact) mass is 342 g/mol. The maximum absolute atomic E-state index is 12.8. The largest absolute Gasteiger partial charge is 0.444 e. The first-order chi connectivity index (χ1) is 12.3. The number of hydrogen-bond acceptors (Lipinski definition) is 5. The number of piperidine rings is 1. The third-order valence-electron chi connectivity index (χ3n) is 4.74. The maximum atomic E-state index is 12.8. The second-order valence-corrected chi connectivity index (χ2v) is 6.45. The van der Waals surface area contributed by atoms with Crippen LogP contribution in [0.15, 0.2) is 41.0 Å². The summed E-state index contributed by atoms with van der Waals surface area (Å²) in [5, 5.41) is 0. The van der Waals surface area contributed by atoms with Crippen LogP contribution in [0.1, 0.15) is 25.0 Å². The molecular weight excluding hydrogens is 320 g/mol. The van der Waals surface area contributed by atoms with Gasteiger partial charge in [0.05, 0.1) is 31.4 Å². The molecule has 1 amide bonds. The fraction of sp³-hybridized carbons (Fsp3) is 0.474. The Kier molecular flexibility index (Phi) is 4.81. The molecule has 1 aromatic carbocycles. The van der Waals surface area contributed by atoms with E-state index in [-0.39, 0.29) is 24.7 Å². The van der Waals surface area contributed by atoms with Crippen molar-refractivity contribution in [2.75, 3.05) is 19.8 Å². The summed E-state index contributed by atoms with van der Waals surface area (Å²) in [5.41, 5.74) is 1.56. The molecule has 0 saturated carbocycles. The fourth-order valence-electron chi connectivity index (χ4n) is 3.51. The van der Waals surface area contributed by atoms with Gasteiger partial charge in [0.15, 0.2) is 6.29 Å². The highest BCUT2D eigenvalue weighted by Crippen LogP contribution is 2.25. The lowest BCUT2D eigenvalue weighted by Crippen LogP contribution is -2.50. The molecule has 0 aliphatic carbocycles. The zero-order valence-electron chi connectivity index (χ0n) is 14.1. The van der Waals surface area contributed by atoms with Crippen molar-refractivity contribution in [3.8, 4) is 11.5 Å². The van der Waals surface area contributed by atoms with Crippen molar-refractivity contribution in [3.05, 3.63) is 42.3 Å². The number of nitrogens with zero attached hydrogens (tertiary/aromatic N) is 2. The smallest absolute Gasteiger partial charge is 0.229 e. The first-order valence-corrected chi connectivity index (χ1v) is 8.84. The Hall–Kier alpha value is -2.18. The Balaban J connectivity index is 1.44. The number of benzene rings is 1. The molecule has 1 aromatic heterocycles. The SMILES string of the molecule is O=C(Cc1coc(-c2ccccc2)n1)N1CCCCC1C1OCCO1. The average molecular weight is 342 g/mol. The molecule has 0 spiro atoms. The molecule has 2 aliphatic heterocycles. The van der Waals surface area contributed by atoms with Crippen molar-refractivity contribution in [2.45, 2.75) is 38.0 Å². The third-order valence-corrected chi connectivity index (χ3v) is 4.74. The molecule has 1 atom stereocenters. The zero-order chi connectivity index (χ0) is 17.1. The lowest BCUT2D eigenvalue weighted by atomic mass is 10.0. The summed E-state index contributed by atoms with van der Waals surface area (Å²) in [6.07, 6.45) is 4.55. The van der Waals surface area contributed by atoms with E-state index in [0.29, 0.717) is 24.8 Å². The van der Waals surface area contributed by atoms with Crippen LogP contribution in [0.3, 0.4) is 0 Å². The first-order valence-electron chi connectivity index (χ1n) is 8.84. The van der Waals surface area contributed by atoms with E-state index in [1.165, 1.54) is 0 Å². The summed E-state index contributed by atoms with van der Waals surface area (Å²) in [5.74, 6) is 0.595. The van der Waals surface area contributed by atoms with Gasteiger partial charge in [-0.15, -0.1) is 0 Å². The van der Waals surface area contributed by atoms with Gasteiger partial charge in [-0.2, -0.15) is 0 Å². The van der Waals surface area contributed by atoms with Crippen molar-refractivity contribution in [1.29, 1.82) is 0 Å². The summed E-state index contributed by atoms with van der Waals surface area (Å²) < 4.78 is 16.8. The molecule has 6 nitrogen and oxygen atoms in total. The Morgan fingerprint density at radius 3 is 2.76 bits per heavy atom. The van der Waals surface area contributed by atoms with Crippen LogP contribution in [0, 0.1) is 0 Å². The lowest BCUT2D eigenvalue weighted by molar-refractivity contribution is -0.150. The minimum absolute atomic E-state index is 0.00393. The van der Waals surface area contributed by atoms with Crippen LogP contribution in [0.2, 0.25) is 0 Å². The Bertz CT molecular complexity index is 709. The van der Waals surface area contributed by atoms with Crippen LogP contribution in [0.5, 0.6) is 0 Å². The van der Waals surface area contributed by atoms with Crippen LogP contribution in [-0.4, -0.2) is 47.9 Å². The molecule has 2 aliphatic rings. The highest BCUT2D eigenvalue weighted by atomic mass is 16.7. The molecule has 3 heterocycles. The highest BCUT2D eigenvalue weighted by molar-refractivity contribution is 5.79. The van der Waals surface area contributed by atoms with Crippen LogP contribution >= 0.6 is 0 Å². The van der Waals surface area contributed by atoms with E-state index in [9.17, 15) is 4.79 Å². The minimum atomic E-state index is -0.290. The quantitative estimate of drug-likeness (QED) is 0.855. The van der Waals surface area contributed by atoms with Crippen molar-refractivity contribution in [3.63, 3.8) is 0 Å². The van der Waals surface area contributed by atoms with Gasteiger partial charge < -0.3 is 18.8 Å². The summed E-state index contributed by atoms with van der Waals surface area (Å²) in [4.78, 5) is 19.2. The van der Waals surface area contributed by atoms with Gasteiger partial charge in [-0.1, -0.05) is 18.2 Å². The molecule has 2 aromatic rings. The fourth-order valence-corrected chi connectivity index (χ4v) is 3.51. The van der Waals surface area contributed by atoms with Crippen LogP contribution in [-0.2, 0) is 20.7 Å². The van der Waals surface area contributed by atoms with Crippen LogP contribution in [0.4, 0.5) is 0 Å². The standard InChI is InChI=1S/C19H22N2O4/c22-17(21-9-5-4-8-16(21)19-23-10-11-24-19)12-15-13-25-18(20-15)14-6-2-1-3-7-14/h1-3,6-7,13,16,19H,4-5,8-12H2. The summed E-state index contributed by atoms with van der Waals surface area (Å²) in [6.45, 7) is 1.95. The second-order valence-electron chi connectivity index (χ2n) is 6.45. The molecule has 2 saturated heterocycles. The van der Waals surface area contributed by atoms with Gasteiger partial charge in [0.1, 0.15) is 6.26 Å². The van der Waals surface area contributed by atoms with E-state index in [1.807, 2.05) is 35.2 Å². The van der Waals surface area contributed by atoms with Gasteiger partial charge in [0.25, 0.3) is 0 Å². The molecule has 132 valence electrons. The Morgan fingerprint density at radius 2 is 1.96 bits per heavy atom. The number of oxazole rings is 1. The lowest BCUT2D eigenvalue weighted by Gasteiger charge is -2.37. The highest BCUT2D eigenvalue weighted by Gasteiger charge is 2.36. The van der Waals surface area contributed by atoms with E-state index in [0.717, 1.165) is 31.4 Å². The number of ether oxygens (including phenoxy) is 2. The number of carbonyl (C=O) groups excluding carboxylic acids is 1. The van der Waals surface area contributed by atoms with Crippen LogP contribution < -0.4 is 0 Å². The normalized spacial score (nSPS) is 21.6. The second kappa shape index (κ2) is 7.37. The Morgan fingerprint density at radius 1 is 1.16 bits per heavy atom. The number of carbonyl (C=O) groups is 1. The number of hydrogen-bond donors (Lipinski definition) is 0. The predicted molar refractivity (Wildman–Crippen MR) is 90.7 cm³/mol. The van der Waals surface area contributed by atoms with Crippen molar-refractivity contribution in [1.82, 2.24) is 9.88 Å². The van der Waals surface area contributed by atoms with Gasteiger partial charge in [0, 0.05) is 12.1 Å². The third kappa shape index (κ3) is 3.60. The zero-order valence-corrected chi connectivity index (χ0v) is 14.1. The van der Waals surface area contributed by atoms with Crippen molar-refractivity contribution < 1.29 is 18.7 Å². The summed E-state index contributed by atoms with van der Waals surface area (Å²) in [6, 6.07) is 9.69. The van der Waals surface area contributed by atoms with Crippen molar-refractivity contribution >= 4 is 5.91 Å². The average Bonchev–Trinajstić information content (AvgIpc) is 3.34. The number of aromatic nitrogens is 1.